The van der Waals surface area contributed by atoms with Gasteiger partial charge < -0.3 is 0 Å². The average molecular weight is 459 g/mol. The Morgan fingerprint density at radius 3 is 2.05 bits per heavy atom. The van der Waals surface area contributed by atoms with E-state index in [1.54, 1.807) is 0 Å². The van der Waals surface area contributed by atoms with Crippen LogP contribution in [-0.2, 0) is 10.0 Å². The van der Waals surface area contributed by atoms with Crippen LogP contribution in [-0.4, -0.2) is 15.5 Å². The first kappa shape index (κ1) is 17.3. The maximum atomic E-state index is 13.8. The summed E-state index contributed by atoms with van der Waals surface area (Å²) in [4.78, 5) is -0.292. The second-order valence-corrected chi connectivity index (χ2v) is 7.88. The summed E-state index contributed by atoms with van der Waals surface area (Å²) < 4.78 is 66.0. The molecule has 9 heteroatoms. The maximum absolute atomic E-state index is 13.8. The number of anilines is 1. The largest absolute Gasteiger partial charge is 0.266 e. The van der Waals surface area contributed by atoms with E-state index in [0.29, 0.717) is 4.31 Å². The first-order valence-corrected chi connectivity index (χ1v) is 8.75. The highest BCUT2D eigenvalue weighted by molar-refractivity contribution is 9.11. The fourth-order valence-corrected chi connectivity index (χ4v) is 5.41. The maximum Gasteiger partial charge on any atom is 0.266 e. The van der Waals surface area contributed by atoms with Gasteiger partial charge in [0.2, 0.25) is 0 Å². The zero-order valence-electron chi connectivity index (χ0n) is 10.9. The number of halogens is 5. The lowest BCUT2D eigenvalue weighted by Gasteiger charge is -2.21. The Kier molecular flexibility index (Phi) is 4.88. The van der Waals surface area contributed by atoms with Crippen LogP contribution in [0, 0.1) is 17.5 Å². The van der Waals surface area contributed by atoms with E-state index < -0.39 is 33.2 Å². The van der Waals surface area contributed by atoms with Crippen LogP contribution in [0.2, 0.25) is 0 Å². The van der Waals surface area contributed by atoms with Crippen molar-refractivity contribution in [2.45, 2.75) is 4.90 Å². The molecular weight excluding hydrogens is 451 g/mol. The lowest BCUT2D eigenvalue weighted by molar-refractivity contribution is 0.583. The van der Waals surface area contributed by atoms with Gasteiger partial charge in [0.15, 0.2) is 0 Å². The fourth-order valence-electron chi connectivity index (χ4n) is 1.77. The first-order chi connectivity index (χ1) is 10.1. The molecular formula is C13H8Br2F3NO2S. The van der Waals surface area contributed by atoms with E-state index in [0.717, 1.165) is 37.4 Å². The van der Waals surface area contributed by atoms with Gasteiger partial charge in [-0.2, -0.15) is 0 Å². The lowest BCUT2D eigenvalue weighted by atomic mass is 10.3. The Morgan fingerprint density at radius 1 is 0.955 bits per heavy atom. The monoisotopic (exact) mass is 457 g/mol. The highest BCUT2D eigenvalue weighted by Crippen LogP contribution is 2.35. The van der Waals surface area contributed by atoms with Gasteiger partial charge in [-0.15, -0.1) is 0 Å². The van der Waals surface area contributed by atoms with Gasteiger partial charge in [-0.3, -0.25) is 4.31 Å². The van der Waals surface area contributed by atoms with Crippen molar-refractivity contribution in [3.63, 3.8) is 0 Å². The molecule has 0 radical (unpaired) electrons. The van der Waals surface area contributed by atoms with Crippen molar-refractivity contribution >= 4 is 47.6 Å². The van der Waals surface area contributed by atoms with Gasteiger partial charge >= 0.3 is 0 Å². The zero-order valence-corrected chi connectivity index (χ0v) is 14.9. The molecule has 0 aliphatic carbocycles. The third kappa shape index (κ3) is 3.16. The Bertz CT molecular complexity index is 820. The molecule has 0 atom stereocenters. The zero-order chi connectivity index (χ0) is 16.7. The summed E-state index contributed by atoms with van der Waals surface area (Å²) in [5.74, 6) is -2.34. The predicted octanol–water partition coefficient (Wildman–Crippen LogP) is 4.45. The van der Waals surface area contributed by atoms with Gasteiger partial charge in [-0.05, 0) is 56.1 Å². The van der Waals surface area contributed by atoms with Crippen LogP contribution in [0.15, 0.2) is 44.2 Å². The molecule has 0 unspecified atom stereocenters. The van der Waals surface area contributed by atoms with Gasteiger partial charge in [0.25, 0.3) is 10.0 Å². The molecule has 0 aliphatic rings. The molecule has 0 heterocycles. The Balaban J connectivity index is 2.63. The van der Waals surface area contributed by atoms with Crippen molar-refractivity contribution in [3.05, 3.63) is 56.7 Å². The number of hydrogen-bond acceptors (Lipinski definition) is 2. The second-order valence-electron chi connectivity index (χ2n) is 4.27. The molecule has 0 aromatic heterocycles. The average Bonchev–Trinajstić information content (AvgIpc) is 2.39. The molecule has 0 bridgehead atoms. The van der Waals surface area contributed by atoms with E-state index >= 15 is 0 Å². The van der Waals surface area contributed by atoms with Crippen LogP contribution in [0.5, 0.6) is 0 Å². The van der Waals surface area contributed by atoms with Gasteiger partial charge in [-0.25, -0.2) is 21.6 Å². The molecule has 0 spiro atoms. The molecule has 0 N–H and O–H groups in total. The number of benzene rings is 2. The number of hydrogen-bond donors (Lipinski definition) is 0. The van der Waals surface area contributed by atoms with Gasteiger partial charge in [0.1, 0.15) is 22.3 Å². The van der Waals surface area contributed by atoms with Crippen molar-refractivity contribution in [2.24, 2.45) is 0 Å². The summed E-state index contributed by atoms with van der Waals surface area (Å²) in [5, 5.41) is 0. The molecule has 118 valence electrons. The normalized spacial score (nSPS) is 11.5. The molecule has 2 aromatic carbocycles. The van der Waals surface area contributed by atoms with Crippen LogP contribution < -0.4 is 4.31 Å². The summed E-state index contributed by atoms with van der Waals surface area (Å²) in [6.07, 6.45) is 0. The predicted molar refractivity (Wildman–Crippen MR) is 83.7 cm³/mol. The van der Waals surface area contributed by atoms with Gasteiger partial charge in [0.05, 0.1) is 5.69 Å². The van der Waals surface area contributed by atoms with Crippen LogP contribution in [0.3, 0.4) is 0 Å². The third-order valence-corrected chi connectivity index (χ3v) is 6.48. The minimum Gasteiger partial charge on any atom is -0.266 e. The van der Waals surface area contributed by atoms with E-state index in [9.17, 15) is 21.6 Å². The molecule has 0 saturated carbocycles. The van der Waals surface area contributed by atoms with Crippen molar-refractivity contribution in [1.29, 1.82) is 0 Å². The molecule has 0 fully saturated rings. The summed E-state index contributed by atoms with van der Waals surface area (Å²) >= 11 is 5.93. The van der Waals surface area contributed by atoms with Gasteiger partial charge in [-0.1, -0.05) is 0 Å². The lowest BCUT2D eigenvalue weighted by Crippen LogP contribution is -2.28. The van der Waals surface area contributed by atoms with E-state index in [2.05, 4.69) is 31.9 Å². The molecule has 0 amide bonds. The van der Waals surface area contributed by atoms with Gasteiger partial charge in [0, 0.05) is 22.1 Å². The summed E-state index contributed by atoms with van der Waals surface area (Å²) in [7, 11) is -3.16. The highest BCUT2D eigenvalue weighted by Gasteiger charge is 2.29. The smallest absolute Gasteiger partial charge is 0.266 e. The number of nitrogens with zero attached hydrogens (tertiary/aromatic N) is 1. The summed E-state index contributed by atoms with van der Waals surface area (Å²) in [5.41, 5.74) is -0.455. The molecule has 3 nitrogen and oxygen atoms in total. The minimum absolute atomic E-state index is 0.0389. The molecule has 22 heavy (non-hydrogen) atoms. The van der Waals surface area contributed by atoms with Crippen molar-refractivity contribution in [1.82, 2.24) is 0 Å². The molecule has 2 rings (SSSR count). The Labute approximate surface area is 142 Å². The van der Waals surface area contributed by atoms with Crippen LogP contribution in [0.4, 0.5) is 18.9 Å². The topological polar surface area (TPSA) is 37.4 Å². The Hall–Kier alpha value is -1.06. The number of rotatable bonds is 3. The fraction of sp³-hybridized carbons (Fsp3) is 0.0769. The SMILES string of the molecule is CN(c1cc(F)ccc1F)S(=O)(=O)c1c(Br)cc(F)cc1Br. The summed E-state index contributed by atoms with van der Waals surface area (Å²) in [6, 6.07) is 4.40. The van der Waals surface area contributed by atoms with Crippen LogP contribution >= 0.6 is 31.9 Å². The standard InChI is InChI=1S/C13H8Br2F3NO2S/c1-19(12-6-7(16)2-3-11(12)18)22(20,21)13-9(14)4-8(17)5-10(13)15/h2-6H,1H3. The molecule has 2 aromatic rings. The van der Waals surface area contributed by atoms with Crippen LogP contribution in [0.1, 0.15) is 0 Å². The van der Waals surface area contributed by atoms with Crippen molar-refractivity contribution < 1.29 is 21.6 Å². The summed E-state index contributed by atoms with van der Waals surface area (Å²) in [6.45, 7) is 0. The Morgan fingerprint density at radius 2 is 1.50 bits per heavy atom. The molecule has 0 saturated heterocycles. The highest BCUT2D eigenvalue weighted by atomic mass is 79.9. The van der Waals surface area contributed by atoms with Crippen molar-refractivity contribution in [2.75, 3.05) is 11.4 Å². The quantitative estimate of drug-likeness (QED) is 0.681. The second kappa shape index (κ2) is 6.21. The van der Waals surface area contributed by atoms with E-state index in [1.165, 1.54) is 0 Å². The molecule has 0 aliphatic heterocycles. The van der Waals surface area contributed by atoms with Crippen LogP contribution in [0.25, 0.3) is 0 Å². The van der Waals surface area contributed by atoms with E-state index in [4.69, 9.17) is 0 Å². The number of sulfonamides is 1. The minimum atomic E-state index is -4.24. The van der Waals surface area contributed by atoms with E-state index in [-0.39, 0.29) is 13.8 Å². The third-order valence-electron chi connectivity index (χ3n) is 2.83. The van der Waals surface area contributed by atoms with E-state index in [1.807, 2.05) is 0 Å². The van der Waals surface area contributed by atoms with Crippen molar-refractivity contribution in [3.8, 4) is 0 Å². The first-order valence-electron chi connectivity index (χ1n) is 5.73.